The number of methoxy groups -OCH3 is 1. The van der Waals surface area contributed by atoms with Gasteiger partial charge in [0.1, 0.15) is 5.75 Å². The second-order valence-corrected chi connectivity index (χ2v) is 5.18. The van der Waals surface area contributed by atoms with Gasteiger partial charge in [-0.05, 0) is 30.4 Å². The smallest absolute Gasteiger partial charge is 0.124 e. The van der Waals surface area contributed by atoms with Crippen LogP contribution in [0, 0.1) is 12.3 Å². The summed E-state index contributed by atoms with van der Waals surface area (Å²) in [6.45, 7) is 6.51. The molecule has 1 aliphatic rings. The molecule has 2 rings (SSSR count). The molecule has 1 aromatic rings. The summed E-state index contributed by atoms with van der Waals surface area (Å²) in [5, 5.41) is 0. The highest BCUT2D eigenvalue weighted by atomic mass is 16.5. The van der Waals surface area contributed by atoms with Crippen molar-refractivity contribution in [3.63, 3.8) is 0 Å². The monoisotopic (exact) mass is 205 g/mol. The van der Waals surface area contributed by atoms with Gasteiger partial charge in [-0.1, -0.05) is 26.0 Å². The lowest BCUT2D eigenvalue weighted by molar-refractivity contribution is 0.395. The molecule has 1 aromatic carbocycles. The maximum atomic E-state index is 6.44. The fourth-order valence-corrected chi connectivity index (χ4v) is 2.46. The van der Waals surface area contributed by atoms with Gasteiger partial charge in [-0.25, -0.2) is 0 Å². The first-order valence-corrected chi connectivity index (χ1v) is 5.35. The van der Waals surface area contributed by atoms with Crippen LogP contribution in [0.1, 0.15) is 31.4 Å². The van der Waals surface area contributed by atoms with E-state index in [4.69, 9.17) is 10.5 Å². The highest BCUT2D eigenvalue weighted by molar-refractivity contribution is 5.49. The van der Waals surface area contributed by atoms with Crippen molar-refractivity contribution in [3.05, 3.63) is 29.3 Å². The van der Waals surface area contributed by atoms with Crippen molar-refractivity contribution >= 4 is 0 Å². The third-order valence-electron chi connectivity index (χ3n) is 3.70. The van der Waals surface area contributed by atoms with Crippen molar-refractivity contribution in [3.8, 4) is 5.75 Å². The van der Waals surface area contributed by atoms with Crippen LogP contribution in [0.5, 0.6) is 5.75 Å². The highest BCUT2D eigenvalue weighted by Gasteiger charge is 2.60. The molecule has 0 saturated heterocycles. The molecule has 0 spiro atoms. The fraction of sp³-hybridized carbons (Fsp3) is 0.538. The quantitative estimate of drug-likeness (QED) is 0.805. The Bertz CT molecular complexity index is 398. The molecule has 2 N–H and O–H groups in total. The van der Waals surface area contributed by atoms with Crippen LogP contribution in [0.3, 0.4) is 0 Å². The van der Waals surface area contributed by atoms with Crippen LogP contribution < -0.4 is 10.5 Å². The summed E-state index contributed by atoms with van der Waals surface area (Å²) in [4.78, 5) is 0. The van der Waals surface area contributed by atoms with E-state index in [2.05, 4.69) is 26.8 Å². The minimum absolute atomic E-state index is 0.187. The van der Waals surface area contributed by atoms with Gasteiger partial charge in [-0.3, -0.25) is 0 Å². The molecule has 0 amide bonds. The second kappa shape index (κ2) is 2.99. The molecule has 1 saturated carbocycles. The van der Waals surface area contributed by atoms with Crippen molar-refractivity contribution in [2.24, 2.45) is 11.1 Å². The molecular formula is C13H19NO. The number of hydrogen-bond donors (Lipinski definition) is 1. The first kappa shape index (κ1) is 10.5. The number of hydrogen-bond acceptors (Lipinski definition) is 2. The Hall–Kier alpha value is -1.02. The Morgan fingerprint density at radius 2 is 1.93 bits per heavy atom. The van der Waals surface area contributed by atoms with Gasteiger partial charge in [0.2, 0.25) is 0 Å². The van der Waals surface area contributed by atoms with E-state index in [0.717, 1.165) is 12.2 Å². The molecule has 82 valence electrons. The zero-order chi connectivity index (χ0) is 11.3. The van der Waals surface area contributed by atoms with Crippen LogP contribution in [-0.4, -0.2) is 7.11 Å². The van der Waals surface area contributed by atoms with Crippen LogP contribution in [-0.2, 0) is 5.54 Å². The normalized spacial score (nSPS) is 27.5. The van der Waals surface area contributed by atoms with E-state index in [9.17, 15) is 0 Å². The van der Waals surface area contributed by atoms with E-state index < -0.39 is 0 Å². The van der Waals surface area contributed by atoms with Crippen molar-refractivity contribution in [1.29, 1.82) is 0 Å². The minimum Gasteiger partial charge on any atom is -0.496 e. The van der Waals surface area contributed by atoms with Crippen LogP contribution in [0.25, 0.3) is 0 Å². The van der Waals surface area contributed by atoms with E-state index >= 15 is 0 Å². The minimum atomic E-state index is -0.205. The largest absolute Gasteiger partial charge is 0.496 e. The Morgan fingerprint density at radius 1 is 1.33 bits per heavy atom. The molecule has 1 fully saturated rings. The molecule has 0 radical (unpaired) electrons. The summed E-state index contributed by atoms with van der Waals surface area (Å²) in [5.74, 6) is 0.920. The molecule has 0 aliphatic heterocycles. The summed E-state index contributed by atoms with van der Waals surface area (Å²) < 4.78 is 5.41. The Labute approximate surface area is 91.4 Å². The van der Waals surface area contributed by atoms with Crippen molar-refractivity contribution in [2.75, 3.05) is 7.11 Å². The van der Waals surface area contributed by atoms with E-state index in [0.29, 0.717) is 0 Å². The number of aryl methyl sites for hydroxylation is 1. The van der Waals surface area contributed by atoms with Gasteiger partial charge in [-0.15, -0.1) is 0 Å². The molecule has 2 heteroatoms. The van der Waals surface area contributed by atoms with Gasteiger partial charge in [0, 0.05) is 5.56 Å². The summed E-state index contributed by atoms with van der Waals surface area (Å²) in [7, 11) is 1.71. The summed E-state index contributed by atoms with van der Waals surface area (Å²) in [5.41, 5.74) is 8.83. The number of benzene rings is 1. The van der Waals surface area contributed by atoms with Crippen molar-refractivity contribution in [2.45, 2.75) is 32.7 Å². The van der Waals surface area contributed by atoms with Gasteiger partial charge in [0.25, 0.3) is 0 Å². The summed E-state index contributed by atoms with van der Waals surface area (Å²) in [6.07, 6.45) is 1.03. The van der Waals surface area contributed by atoms with E-state index in [1.165, 1.54) is 11.1 Å². The Kier molecular flexibility index (Phi) is 2.09. The van der Waals surface area contributed by atoms with Crippen LogP contribution in [0.15, 0.2) is 18.2 Å². The summed E-state index contributed by atoms with van der Waals surface area (Å²) in [6, 6.07) is 6.10. The van der Waals surface area contributed by atoms with Crippen molar-refractivity contribution in [1.82, 2.24) is 0 Å². The Balaban J connectivity index is 2.54. The van der Waals surface area contributed by atoms with Crippen LogP contribution in [0.2, 0.25) is 0 Å². The second-order valence-electron chi connectivity index (χ2n) is 5.18. The number of nitrogens with two attached hydrogens (primary N) is 1. The van der Waals surface area contributed by atoms with Gasteiger partial charge in [-0.2, -0.15) is 0 Å². The topological polar surface area (TPSA) is 35.2 Å². The fourth-order valence-electron chi connectivity index (χ4n) is 2.46. The zero-order valence-electron chi connectivity index (χ0n) is 9.92. The molecule has 0 bridgehead atoms. The molecule has 0 aromatic heterocycles. The summed E-state index contributed by atoms with van der Waals surface area (Å²) >= 11 is 0. The first-order valence-electron chi connectivity index (χ1n) is 5.35. The van der Waals surface area contributed by atoms with E-state index in [-0.39, 0.29) is 11.0 Å². The average molecular weight is 205 g/mol. The molecule has 15 heavy (non-hydrogen) atoms. The number of rotatable bonds is 2. The molecule has 1 unspecified atom stereocenters. The molecule has 2 nitrogen and oxygen atoms in total. The predicted molar refractivity (Wildman–Crippen MR) is 62.0 cm³/mol. The van der Waals surface area contributed by atoms with Gasteiger partial charge in [0.15, 0.2) is 0 Å². The molecule has 0 heterocycles. The lowest BCUT2D eigenvalue weighted by Crippen LogP contribution is -2.27. The third kappa shape index (κ3) is 1.36. The van der Waals surface area contributed by atoms with E-state index in [1.807, 2.05) is 12.1 Å². The maximum Gasteiger partial charge on any atom is 0.124 e. The average Bonchev–Trinajstić information content (AvgIpc) is 2.65. The molecule has 1 aliphatic carbocycles. The SMILES string of the molecule is COc1cccc(C)c1C1(N)CC1(C)C. The van der Waals surface area contributed by atoms with Gasteiger partial charge >= 0.3 is 0 Å². The van der Waals surface area contributed by atoms with Gasteiger partial charge in [0.05, 0.1) is 12.6 Å². The molecular weight excluding hydrogens is 186 g/mol. The molecule has 1 atom stereocenters. The van der Waals surface area contributed by atoms with E-state index in [1.54, 1.807) is 7.11 Å². The third-order valence-corrected chi connectivity index (χ3v) is 3.70. The first-order chi connectivity index (χ1) is 6.92. The highest BCUT2D eigenvalue weighted by Crippen LogP contribution is 2.62. The standard InChI is InChI=1S/C13H19NO/c1-9-6-5-7-10(15-4)11(9)13(14)8-12(13,2)3/h5-7H,8,14H2,1-4H3. The van der Waals surface area contributed by atoms with Crippen LogP contribution >= 0.6 is 0 Å². The zero-order valence-corrected chi connectivity index (χ0v) is 9.92. The van der Waals surface area contributed by atoms with Crippen molar-refractivity contribution < 1.29 is 4.74 Å². The van der Waals surface area contributed by atoms with Gasteiger partial charge < -0.3 is 10.5 Å². The lowest BCUT2D eigenvalue weighted by Gasteiger charge is -2.21. The van der Waals surface area contributed by atoms with Crippen LogP contribution in [0.4, 0.5) is 0 Å². The maximum absolute atomic E-state index is 6.44. The lowest BCUT2D eigenvalue weighted by atomic mass is 9.92. The Morgan fingerprint density at radius 3 is 2.40 bits per heavy atom. The number of ether oxygens (including phenoxy) is 1. The predicted octanol–water partition coefficient (Wildman–Crippen LogP) is 2.59.